The highest BCUT2D eigenvalue weighted by Crippen LogP contribution is 2.10. The number of rotatable bonds is 10. The molecule has 0 unspecified atom stereocenters. The molecule has 2 N–H and O–H groups in total. The number of hydrogen-bond donors (Lipinski definition) is 1. The molecular formula is C13H20ClN3O3S. The molecule has 0 aromatic heterocycles. The van der Waals surface area contributed by atoms with E-state index in [0.29, 0.717) is 25.3 Å². The number of benzene rings is 1. The van der Waals surface area contributed by atoms with Crippen LogP contribution in [-0.2, 0) is 4.84 Å². The maximum absolute atomic E-state index is 10.2. The van der Waals surface area contributed by atoms with E-state index in [1.165, 1.54) is 0 Å². The molecule has 0 aliphatic rings. The first-order valence-corrected chi connectivity index (χ1v) is 7.53. The van der Waals surface area contributed by atoms with E-state index in [1.807, 2.05) is 30.3 Å². The molecule has 0 saturated heterocycles. The van der Waals surface area contributed by atoms with Gasteiger partial charge in [0.15, 0.2) is 0 Å². The summed E-state index contributed by atoms with van der Waals surface area (Å²) in [5.74, 6) is 1.38. The molecule has 8 heteroatoms. The molecule has 1 rings (SSSR count). The summed E-state index contributed by atoms with van der Waals surface area (Å²) in [6, 6.07) is 9.73. The summed E-state index contributed by atoms with van der Waals surface area (Å²) < 4.78 is 0. The molecule has 0 fully saturated rings. The zero-order valence-electron chi connectivity index (χ0n) is 11.6. The highest BCUT2D eigenvalue weighted by molar-refractivity contribution is 7.99. The molecule has 0 bridgehead atoms. The maximum Gasteiger partial charge on any atom is 0.204 e. The fourth-order valence-corrected chi connectivity index (χ4v) is 2.32. The van der Waals surface area contributed by atoms with Gasteiger partial charge < -0.3 is 10.6 Å². The van der Waals surface area contributed by atoms with Gasteiger partial charge >= 0.3 is 0 Å². The second-order valence-corrected chi connectivity index (χ2v) is 5.09. The van der Waals surface area contributed by atoms with Gasteiger partial charge in [0.25, 0.3) is 0 Å². The largest absolute Gasteiger partial charge is 0.394 e. The summed E-state index contributed by atoms with van der Waals surface area (Å²) >= 11 is 1.61. The van der Waals surface area contributed by atoms with Gasteiger partial charge in [-0.25, -0.2) is 0 Å². The van der Waals surface area contributed by atoms with Crippen LogP contribution in [0.3, 0.4) is 0 Å². The van der Waals surface area contributed by atoms with Gasteiger partial charge in [-0.2, -0.15) is 11.8 Å². The van der Waals surface area contributed by atoms with Crippen LogP contribution < -0.4 is 5.73 Å². The molecule has 0 aliphatic heterocycles. The van der Waals surface area contributed by atoms with E-state index >= 15 is 0 Å². The number of nitrogens with zero attached hydrogens (tertiary/aromatic N) is 2. The van der Waals surface area contributed by atoms with Crippen molar-refractivity contribution in [2.45, 2.75) is 6.42 Å². The number of oxime groups is 1. The van der Waals surface area contributed by atoms with Crippen LogP contribution in [0.15, 0.2) is 35.5 Å². The van der Waals surface area contributed by atoms with Crippen LogP contribution in [-0.4, -0.2) is 41.8 Å². The Morgan fingerprint density at radius 1 is 1.38 bits per heavy atom. The molecule has 0 saturated carbocycles. The molecule has 0 aliphatic carbocycles. The minimum atomic E-state index is -0.295. The lowest BCUT2D eigenvalue weighted by atomic mass is 10.1. The van der Waals surface area contributed by atoms with Crippen molar-refractivity contribution >= 4 is 29.9 Å². The fraction of sp³-hybridized carbons (Fsp3) is 0.462. The average molecular weight is 334 g/mol. The topological polar surface area (TPSA) is 90.8 Å². The molecule has 6 nitrogen and oxygen atoms in total. The van der Waals surface area contributed by atoms with Crippen molar-refractivity contribution in [2.24, 2.45) is 10.9 Å². The lowest BCUT2D eigenvalue weighted by molar-refractivity contribution is -0.479. The van der Waals surface area contributed by atoms with Crippen LogP contribution in [0.25, 0.3) is 0 Å². The van der Waals surface area contributed by atoms with Crippen molar-refractivity contribution < 1.29 is 9.76 Å². The van der Waals surface area contributed by atoms with E-state index in [1.54, 1.807) is 11.8 Å². The van der Waals surface area contributed by atoms with Crippen molar-refractivity contribution in [3.63, 3.8) is 0 Å². The van der Waals surface area contributed by atoms with E-state index < -0.39 is 0 Å². The van der Waals surface area contributed by atoms with Crippen molar-refractivity contribution in [2.75, 3.05) is 31.2 Å². The molecule has 21 heavy (non-hydrogen) atoms. The smallest absolute Gasteiger partial charge is 0.204 e. The Balaban J connectivity index is 0.00000400. The Morgan fingerprint density at radius 3 is 2.71 bits per heavy atom. The SMILES string of the molecule is Cl.NCCO/N=C(\CSCCC[N+](=O)[O-])c1ccccc1. The molecule has 0 amide bonds. The van der Waals surface area contributed by atoms with Gasteiger partial charge in [0, 0.05) is 29.2 Å². The number of thioether (sulfide) groups is 1. The number of nitrogens with two attached hydrogens (primary N) is 1. The zero-order chi connectivity index (χ0) is 14.6. The van der Waals surface area contributed by atoms with Gasteiger partial charge in [-0.1, -0.05) is 35.5 Å². The molecule has 0 atom stereocenters. The molecule has 118 valence electrons. The number of nitro groups is 1. The summed E-state index contributed by atoms with van der Waals surface area (Å²) in [5, 5.41) is 14.3. The first-order valence-electron chi connectivity index (χ1n) is 6.38. The molecular weight excluding hydrogens is 314 g/mol. The Morgan fingerprint density at radius 2 is 2.10 bits per heavy atom. The monoisotopic (exact) mass is 333 g/mol. The quantitative estimate of drug-likeness (QED) is 0.307. The lowest BCUT2D eigenvalue weighted by Crippen LogP contribution is -2.10. The van der Waals surface area contributed by atoms with Gasteiger partial charge in [-0.3, -0.25) is 10.1 Å². The summed E-state index contributed by atoms with van der Waals surface area (Å²) in [4.78, 5) is 15.1. The molecule has 0 heterocycles. The molecule has 0 spiro atoms. The van der Waals surface area contributed by atoms with E-state index in [-0.39, 0.29) is 23.9 Å². The second kappa shape index (κ2) is 12.4. The fourth-order valence-electron chi connectivity index (χ4n) is 1.43. The molecule has 1 aromatic carbocycles. The van der Waals surface area contributed by atoms with Crippen LogP contribution >= 0.6 is 24.2 Å². The number of halogens is 1. The zero-order valence-corrected chi connectivity index (χ0v) is 13.3. The maximum atomic E-state index is 10.2. The van der Waals surface area contributed by atoms with Gasteiger partial charge in [0.1, 0.15) is 6.61 Å². The minimum Gasteiger partial charge on any atom is -0.394 e. The van der Waals surface area contributed by atoms with Gasteiger partial charge in [-0.05, 0) is 5.75 Å². The lowest BCUT2D eigenvalue weighted by Gasteiger charge is -2.06. The van der Waals surface area contributed by atoms with E-state index in [9.17, 15) is 10.1 Å². The predicted molar refractivity (Wildman–Crippen MR) is 89.0 cm³/mol. The molecule has 1 aromatic rings. The Bertz CT molecular complexity index is 432. The predicted octanol–water partition coefficient (Wildman–Crippen LogP) is 2.19. The van der Waals surface area contributed by atoms with Crippen molar-refractivity contribution in [3.8, 4) is 0 Å². The third-order valence-electron chi connectivity index (χ3n) is 2.36. The van der Waals surface area contributed by atoms with E-state index in [2.05, 4.69) is 5.16 Å². The van der Waals surface area contributed by atoms with Crippen LogP contribution in [0, 0.1) is 10.1 Å². The highest BCUT2D eigenvalue weighted by Gasteiger charge is 2.05. The van der Waals surface area contributed by atoms with Gasteiger partial charge in [-0.15, -0.1) is 12.4 Å². The van der Waals surface area contributed by atoms with E-state index in [4.69, 9.17) is 10.6 Å². The average Bonchev–Trinajstić information content (AvgIpc) is 2.46. The first kappa shape index (κ1) is 19.7. The van der Waals surface area contributed by atoms with Crippen LogP contribution in [0.5, 0.6) is 0 Å². The van der Waals surface area contributed by atoms with Crippen LogP contribution in [0.2, 0.25) is 0 Å². The first-order chi connectivity index (χ1) is 9.74. The summed E-state index contributed by atoms with van der Waals surface area (Å²) in [7, 11) is 0. The second-order valence-electron chi connectivity index (χ2n) is 3.99. The van der Waals surface area contributed by atoms with Crippen LogP contribution in [0.1, 0.15) is 12.0 Å². The summed E-state index contributed by atoms with van der Waals surface area (Å²) in [6.07, 6.45) is 0.559. The van der Waals surface area contributed by atoms with Crippen molar-refractivity contribution in [1.29, 1.82) is 0 Å². The highest BCUT2D eigenvalue weighted by atomic mass is 35.5. The van der Waals surface area contributed by atoms with Crippen molar-refractivity contribution in [3.05, 3.63) is 46.0 Å². The normalized spacial score (nSPS) is 10.8. The van der Waals surface area contributed by atoms with Gasteiger partial charge in [0.05, 0.1) is 5.71 Å². The Kier molecular flexibility index (Phi) is 11.7. The summed E-state index contributed by atoms with van der Waals surface area (Å²) in [5.41, 5.74) is 7.17. The standard InChI is InChI=1S/C13H19N3O3S.ClH/c14-7-9-19-15-13(12-5-2-1-3-6-12)11-20-10-4-8-16(17)18;/h1-3,5-6H,4,7-11,14H2;1H/b15-13+;. The third kappa shape index (κ3) is 9.28. The Labute approximate surface area is 134 Å². The third-order valence-corrected chi connectivity index (χ3v) is 3.41. The summed E-state index contributed by atoms with van der Waals surface area (Å²) in [6.45, 7) is 0.804. The molecule has 0 radical (unpaired) electrons. The Hall–Kier alpha value is -1.31. The number of hydrogen-bond acceptors (Lipinski definition) is 6. The van der Waals surface area contributed by atoms with Crippen LogP contribution in [0.4, 0.5) is 0 Å². The van der Waals surface area contributed by atoms with E-state index in [0.717, 1.165) is 17.0 Å². The van der Waals surface area contributed by atoms with Gasteiger partial charge in [0.2, 0.25) is 6.54 Å². The van der Waals surface area contributed by atoms with Crippen molar-refractivity contribution in [1.82, 2.24) is 0 Å². The minimum absolute atomic E-state index is 0.